The lowest BCUT2D eigenvalue weighted by atomic mass is 10.1. The van der Waals surface area contributed by atoms with E-state index in [2.05, 4.69) is 33.2 Å². The quantitative estimate of drug-likeness (QED) is 0.756. The Balaban J connectivity index is 2.02. The largest absolute Gasteiger partial charge is 0.368 e. The fraction of sp³-hybridized carbons (Fsp3) is 0.353. The second-order valence-electron chi connectivity index (χ2n) is 6.10. The molecule has 1 aliphatic rings. The number of nitrogens with zero attached hydrogens (tertiary/aromatic N) is 5. The van der Waals surface area contributed by atoms with Gasteiger partial charge in [-0.15, -0.1) is 0 Å². The lowest BCUT2D eigenvalue weighted by Crippen LogP contribution is -2.44. The van der Waals surface area contributed by atoms with Gasteiger partial charge in [-0.2, -0.15) is 0 Å². The highest BCUT2D eigenvalue weighted by molar-refractivity contribution is 5.94. The predicted octanol–water partition coefficient (Wildman–Crippen LogP) is 0.837. The number of aromatic nitrogens is 4. The summed E-state index contributed by atoms with van der Waals surface area (Å²) >= 11 is 0. The number of fused-ring (bicyclic) bond motifs is 1. The van der Waals surface area contributed by atoms with E-state index in [9.17, 15) is 4.79 Å². The molecule has 4 rings (SSSR count). The minimum absolute atomic E-state index is 0.00563. The molecule has 0 spiro atoms. The van der Waals surface area contributed by atoms with Gasteiger partial charge in [0.15, 0.2) is 0 Å². The Morgan fingerprint density at radius 3 is 2.54 bits per heavy atom. The highest BCUT2D eigenvalue weighted by Crippen LogP contribution is 2.30. The Bertz CT molecular complexity index is 937. The topological polar surface area (TPSA) is 68.0 Å². The summed E-state index contributed by atoms with van der Waals surface area (Å²) < 4.78 is 3.51. The number of benzene rings is 1. The van der Waals surface area contributed by atoms with Gasteiger partial charge in [-0.05, 0) is 18.6 Å². The second-order valence-corrected chi connectivity index (χ2v) is 6.10. The van der Waals surface area contributed by atoms with Gasteiger partial charge in [0.2, 0.25) is 0 Å². The van der Waals surface area contributed by atoms with Crippen molar-refractivity contribution < 1.29 is 0 Å². The average molecular weight is 324 g/mol. The summed E-state index contributed by atoms with van der Waals surface area (Å²) in [5.41, 5.74) is 3.85. The van der Waals surface area contributed by atoms with Crippen LogP contribution in [-0.4, -0.2) is 45.5 Å². The molecule has 0 aliphatic carbocycles. The van der Waals surface area contributed by atoms with Gasteiger partial charge in [0.25, 0.3) is 5.56 Å². The van der Waals surface area contributed by atoms with E-state index < -0.39 is 0 Å². The molecule has 24 heavy (non-hydrogen) atoms. The summed E-state index contributed by atoms with van der Waals surface area (Å²) in [6, 6.07) is 4.09. The predicted molar refractivity (Wildman–Crippen MR) is 93.9 cm³/mol. The molecule has 0 radical (unpaired) electrons. The first-order valence-corrected chi connectivity index (χ1v) is 8.11. The number of hydrogen-bond donors (Lipinski definition) is 1. The molecule has 0 unspecified atom stereocenters. The van der Waals surface area contributed by atoms with Crippen molar-refractivity contribution in [3.8, 4) is 5.69 Å². The lowest BCUT2D eigenvalue weighted by Gasteiger charge is -2.31. The van der Waals surface area contributed by atoms with Gasteiger partial charge in [0, 0.05) is 33.2 Å². The van der Waals surface area contributed by atoms with Crippen LogP contribution in [0, 0.1) is 6.92 Å². The number of piperazine rings is 1. The minimum atomic E-state index is 0.00563. The summed E-state index contributed by atoms with van der Waals surface area (Å²) in [7, 11) is 1.78. The monoisotopic (exact) mass is 324 g/mol. The van der Waals surface area contributed by atoms with Crippen LogP contribution >= 0.6 is 0 Å². The molecule has 1 fully saturated rings. The fourth-order valence-electron chi connectivity index (χ4n) is 3.50. The van der Waals surface area contributed by atoms with Crippen molar-refractivity contribution in [2.24, 2.45) is 7.05 Å². The van der Waals surface area contributed by atoms with E-state index in [1.807, 2.05) is 10.7 Å². The van der Waals surface area contributed by atoms with Crippen LogP contribution < -0.4 is 15.8 Å². The third kappa shape index (κ3) is 2.20. The van der Waals surface area contributed by atoms with Crippen molar-refractivity contribution >= 4 is 16.6 Å². The maximum atomic E-state index is 13.0. The number of hydrogen-bond acceptors (Lipinski definition) is 5. The molecule has 0 amide bonds. The highest BCUT2D eigenvalue weighted by atomic mass is 16.1. The Labute approximate surface area is 139 Å². The molecule has 7 nitrogen and oxygen atoms in total. The summed E-state index contributed by atoms with van der Waals surface area (Å²) in [5.74, 6) is 0. The average Bonchev–Trinajstić information content (AvgIpc) is 2.88. The van der Waals surface area contributed by atoms with E-state index in [-0.39, 0.29) is 5.56 Å². The van der Waals surface area contributed by atoms with Crippen LogP contribution in [0.15, 0.2) is 35.6 Å². The van der Waals surface area contributed by atoms with Crippen LogP contribution in [0.4, 0.5) is 5.69 Å². The standard InChI is InChI=1S/C17H20N6O/c1-12-3-4-14-15(16(12)22-7-5-18-6-8-22)17(24)21(2)23(14)13-9-19-11-20-10-13/h3-4,9-11,18H,5-8H2,1-2H3. The number of anilines is 1. The summed E-state index contributed by atoms with van der Waals surface area (Å²) in [4.78, 5) is 23.5. The SMILES string of the molecule is Cc1ccc2c(c1N1CCNCC1)c(=O)n(C)n2-c1cncnc1. The molecule has 7 heteroatoms. The zero-order chi connectivity index (χ0) is 16.7. The van der Waals surface area contributed by atoms with Crippen LogP contribution in [-0.2, 0) is 7.05 Å². The molecule has 3 heterocycles. The van der Waals surface area contributed by atoms with Crippen LogP contribution in [0.3, 0.4) is 0 Å². The van der Waals surface area contributed by atoms with Gasteiger partial charge >= 0.3 is 0 Å². The van der Waals surface area contributed by atoms with Crippen molar-refractivity contribution in [3.05, 3.63) is 46.8 Å². The number of rotatable bonds is 2. The van der Waals surface area contributed by atoms with Crippen molar-refractivity contribution in [3.63, 3.8) is 0 Å². The van der Waals surface area contributed by atoms with E-state index in [1.165, 1.54) is 6.33 Å². The number of nitrogens with one attached hydrogen (secondary N) is 1. The maximum Gasteiger partial charge on any atom is 0.276 e. The van der Waals surface area contributed by atoms with Gasteiger partial charge in [-0.3, -0.25) is 4.79 Å². The van der Waals surface area contributed by atoms with Crippen molar-refractivity contribution in [2.45, 2.75) is 6.92 Å². The lowest BCUT2D eigenvalue weighted by molar-refractivity contribution is 0.589. The van der Waals surface area contributed by atoms with Gasteiger partial charge in [0.1, 0.15) is 12.0 Å². The zero-order valence-electron chi connectivity index (χ0n) is 13.9. The van der Waals surface area contributed by atoms with E-state index >= 15 is 0 Å². The Morgan fingerprint density at radius 1 is 1.12 bits per heavy atom. The molecule has 2 aromatic heterocycles. The van der Waals surface area contributed by atoms with Crippen molar-refractivity contribution in [1.82, 2.24) is 24.6 Å². The van der Waals surface area contributed by atoms with Crippen molar-refractivity contribution in [1.29, 1.82) is 0 Å². The van der Waals surface area contributed by atoms with E-state index in [4.69, 9.17) is 0 Å². The third-order valence-electron chi connectivity index (χ3n) is 4.62. The summed E-state index contributed by atoms with van der Waals surface area (Å²) in [5, 5.41) is 4.13. The van der Waals surface area contributed by atoms with E-state index in [0.717, 1.165) is 54.0 Å². The summed E-state index contributed by atoms with van der Waals surface area (Å²) in [6.07, 6.45) is 4.93. The molecule has 0 bridgehead atoms. The minimum Gasteiger partial charge on any atom is -0.368 e. The number of aryl methyl sites for hydroxylation is 1. The zero-order valence-corrected chi connectivity index (χ0v) is 13.9. The molecule has 1 N–H and O–H groups in total. The second kappa shape index (κ2) is 5.76. The first-order valence-electron chi connectivity index (χ1n) is 8.11. The van der Waals surface area contributed by atoms with Crippen LogP contribution in [0.25, 0.3) is 16.6 Å². The Morgan fingerprint density at radius 2 is 1.83 bits per heavy atom. The van der Waals surface area contributed by atoms with Gasteiger partial charge in [0.05, 0.1) is 29.0 Å². The van der Waals surface area contributed by atoms with Gasteiger partial charge in [-0.1, -0.05) is 6.07 Å². The Kier molecular flexibility index (Phi) is 3.57. The van der Waals surface area contributed by atoms with E-state index in [0.29, 0.717) is 0 Å². The summed E-state index contributed by atoms with van der Waals surface area (Å²) in [6.45, 7) is 5.75. The molecule has 1 saturated heterocycles. The normalized spacial score (nSPS) is 15.2. The maximum absolute atomic E-state index is 13.0. The first-order chi connectivity index (χ1) is 11.7. The molecule has 1 aromatic carbocycles. The first kappa shape index (κ1) is 14.9. The molecular formula is C17H20N6O. The molecule has 3 aromatic rings. The van der Waals surface area contributed by atoms with Gasteiger partial charge in [-0.25, -0.2) is 19.3 Å². The molecule has 0 saturated carbocycles. The van der Waals surface area contributed by atoms with Crippen LogP contribution in [0.2, 0.25) is 0 Å². The van der Waals surface area contributed by atoms with Crippen molar-refractivity contribution in [2.75, 3.05) is 31.1 Å². The highest BCUT2D eigenvalue weighted by Gasteiger charge is 2.22. The molecule has 0 atom stereocenters. The van der Waals surface area contributed by atoms with E-state index in [1.54, 1.807) is 24.1 Å². The Hall–Kier alpha value is -2.67. The molecule has 124 valence electrons. The van der Waals surface area contributed by atoms with Crippen LogP contribution in [0.1, 0.15) is 5.56 Å². The fourth-order valence-corrected chi connectivity index (χ4v) is 3.50. The third-order valence-corrected chi connectivity index (χ3v) is 4.62. The smallest absolute Gasteiger partial charge is 0.276 e. The molecule has 1 aliphatic heterocycles. The van der Waals surface area contributed by atoms with Gasteiger partial charge < -0.3 is 10.2 Å². The van der Waals surface area contributed by atoms with Crippen LogP contribution in [0.5, 0.6) is 0 Å². The molecular weight excluding hydrogens is 304 g/mol.